The van der Waals surface area contributed by atoms with Gasteiger partial charge < -0.3 is 18.9 Å². The van der Waals surface area contributed by atoms with Gasteiger partial charge in [-0.2, -0.15) is 0 Å². The number of rotatable bonds is 40. The summed E-state index contributed by atoms with van der Waals surface area (Å²) in [4.78, 5) is 22.9. The molecule has 0 aromatic carbocycles. The van der Waals surface area contributed by atoms with Crippen LogP contribution in [0, 0.1) is 0 Å². The van der Waals surface area contributed by atoms with Gasteiger partial charge in [-0.05, 0) is 44.9 Å². The number of ether oxygens (including phenoxy) is 2. The molecule has 0 aliphatic rings. The zero-order valence-electron chi connectivity index (χ0n) is 35.3. The normalized spacial score (nSPS) is 14.2. The number of hydrogen-bond acceptors (Lipinski definition) is 6. The molecule has 312 valence electrons. The topological polar surface area (TPSA) is 91.3 Å². The van der Waals surface area contributed by atoms with Crippen LogP contribution in [0.15, 0.2) is 36.5 Å². The number of quaternary nitrogens is 1. The third-order valence-corrected chi connectivity index (χ3v) is 10.2. The molecule has 0 saturated carbocycles. The van der Waals surface area contributed by atoms with Crippen molar-refractivity contribution in [3.8, 4) is 0 Å². The molecule has 0 aliphatic heterocycles. The van der Waals surface area contributed by atoms with Gasteiger partial charge in [-0.1, -0.05) is 166 Å². The lowest BCUT2D eigenvalue weighted by Crippen LogP contribution is -2.37. The van der Waals surface area contributed by atoms with Crippen molar-refractivity contribution >= 4 is 13.8 Å². The fraction of sp³-hybridized carbons (Fsp3) is 0.841. The van der Waals surface area contributed by atoms with Crippen molar-refractivity contribution in [1.29, 1.82) is 0 Å². The Bertz CT molecular complexity index is 947. The van der Waals surface area contributed by atoms with Gasteiger partial charge in [0.2, 0.25) is 0 Å². The maximum atomic E-state index is 12.7. The molecule has 1 N–H and O–H groups in total. The quantitative estimate of drug-likeness (QED) is 0.0218. The summed E-state index contributed by atoms with van der Waals surface area (Å²) >= 11 is 0. The van der Waals surface area contributed by atoms with E-state index in [2.05, 4.69) is 50.3 Å². The highest BCUT2D eigenvalue weighted by Crippen LogP contribution is 2.43. The molecule has 9 heteroatoms. The highest BCUT2D eigenvalue weighted by Gasteiger charge is 2.26. The van der Waals surface area contributed by atoms with Crippen LogP contribution in [-0.2, 0) is 27.9 Å². The Morgan fingerprint density at radius 1 is 0.604 bits per heavy atom. The lowest BCUT2D eigenvalue weighted by molar-refractivity contribution is -0.870. The van der Waals surface area contributed by atoms with Gasteiger partial charge >= 0.3 is 13.8 Å². The molecule has 1 unspecified atom stereocenters. The molecule has 0 bridgehead atoms. The Balaban J connectivity index is 4.25. The Labute approximate surface area is 327 Å². The molecule has 0 aromatic rings. The summed E-state index contributed by atoms with van der Waals surface area (Å²) in [5, 5.41) is 0. The molecule has 0 amide bonds. The van der Waals surface area contributed by atoms with Gasteiger partial charge in [-0.3, -0.25) is 13.8 Å². The Hall–Kier alpha value is -1.28. The second-order valence-corrected chi connectivity index (χ2v) is 17.2. The molecule has 2 atom stereocenters. The van der Waals surface area contributed by atoms with Gasteiger partial charge in [0.1, 0.15) is 19.3 Å². The van der Waals surface area contributed by atoms with E-state index in [4.69, 9.17) is 18.5 Å². The standard InChI is InChI=1S/C44H84NO7P/c1-6-8-10-12-14-16-18-20-22-24-26-28-30-32-34-36-39-49-41-43(42-51-53(47,48)50-40-38-45(3,4)5)52-44(46)37-35-33-31-29-27-25-23-21-19-17-15-13-11-9-7-2/h9,11,15,17,21,23,43H,6-8,10,12-14,16,18-20,22,24-42H2,1-5H3/p+1/b11-9-,17-15-,23-21-/t43-/m0/s1. The molecule has 0 rings (SSSR count). The molecular formula is C44H85NO7P+. The summed E-state index contributed by atoms with van der Waals surface area (Å²) in [6, 6.07) is 0. The maximum Gasteiger partial charge on any atom is 0.472 e. The largest absolute Gasteiger partial charge is 0.472 e. The van der Waals surface area contributed by atoms with Crippen LogP contribution in [0.25, 0.3) is 0 Å². The van der Waals surface area contributed by atoms with Gasteiger partial charge in [-0.15, -0.1) is 0 Å². The average Bonchev–Trinajstić information content (AvgIpc) is 3.11. The predicted molar refractivity (Wildman–Crippen MR) is 224 cm³/mol. The average molecular weight is 771 g/mol. The number of unbranched alkanes of at least 4 members (excludes halogenated alkanes) is 20. The van der Waals surface area contributed by atoms with Crippen LogP contribution in [0.1, 0.15) is 181 Å². The van der Waals surface area contributed by atoms with Crippen LogP contribution in [0.3, 0.4) is 0 Å². The minimum Gasteiger partial charge on any atom is -0.457 e. The first-order valence-corrected chi connectivity index (χ1v) is 23.2. The lowest BCUT2D eigenvalue weighted by atomic mass is 10.0. The van der Waals surface area contributed by atoms with Crippen molar-refractivity contribution in [3.05, 3.63) is 36.5 Å². The fourth-order valence-corrected chi connectivity index (χ4v) is 6.60. The zero-order valence-corrected chi connectivity index (χ0v) is 36.1. The van der Waals surface area contributed by atoms with E-state index in [0.29, 0.717) is 24.1 Å². The molecular weight excluding hydrogens is 685 g/mol. The number of allylic oxidation sites excluding steroid dienone is 6. The number of esters is 1. The van der Waals surface area contributed by atoms with E-state index >= 15 is 0 Å². The van der Waals surface area contributed by atoms with E-state index < -0.39 is 13.9 Å². The number of phosphoric ester groups is 1. The molecule has 53 heavy (non-hydrogen) atoms. The molecule has 0 aromatic heterocycles. The SMILES string of the molecule is CC/C=C\C/C=C\C/C=C\CCCCCCCC(=O)O[C@@H](COCCCCCCCCCCCCCCCCCC)COP(=O)(O)OCC[N+](C)(C)C. The lowest BCUT2D eigenvalue weighted by Gasteiger charge is -2.24. The van der Waals surface area contributed by atoms with Crippen molar-refractivity contribution in [2.45, 2.75) is 187 Å². The fourth-order valence-electron chi connectivity index (χ4n) is 5.86. The number of phosphoric acid groups is 1. The van der Waals surface area contributed by atoms with Crippen molar-refractivity contribution < 1.29 is 37.3 Å². The van der Waals surface area contributed by atoms with Crippen LogP contribution in [-0.4, -0.2) is 75.6 Å². The van der Waals surface area contributed by atoms with Crippen LogP contribution in [0.4, 0.5) is 0 Å². The number of hydrogen-bond donors (Lipinski definition) is 1. The number of carbonyl (C=O) groups is 1. The van der Waals surface area contributed by atoms with Crippen LogP contribution in [0.2, 0.25) is 0 Å². The molecule has 8 nitrogen and oxygen atoms in total. The zero-order chi connectivity index (χ0) is 39.1. The van der Waals surface area contributed by atoms with Gasteiger partial charge in [0.15, 0.2) is 0 Å². The van der Waals surface area contributed by atoms with E-state index in [9.17, 15) is 14.3 Å². The van der Waals surface area contributed by atoms with E-state index in [1.807, 2.05) is 21.1 Å². The first kappa shape index (κ1) is 51.7. The third kappa shape index (κ3) is 41.7. The number of likely N-dealkylation sites (N-methyl/N-ethyl adjacent to an activating group) is 1. The van der Waals surface area contributed by atoms with Crippen molar-refractivity contribution in [1.82, 2.24) is 0 Å². The molecule has 0 saturated heterocycles. The smallest absolute Gasteiger partial charge is 0.457 e. The summed E-state index contributed by atoms with van der Waals surface area (Å²) in [6.07, 6.45) is 43.1. The highest BCUT2D eigenvalue weighted by atomic mass is 31.2. The number of carbonyl (C=O) groups excluding carboxylic acids is 1. The first-order chi connectivity index (χ1) is 25.6. The van der Waals surface area contributed by atoms with E-state index in [1.54, 1.807) is 0 Å². The molecule has 0 aliphatic carbocycles. The van der Waals surface area contributed by atoms with Crippen LogP contribution >= 0.6 is 7.82 Å². The van der Waals surface area contributed by atoms with E-state index in [-0.39, 0.29) is 25.8 Å². The highest BCUT2D eigenvalue weighted by molar-refractivity contribution is 7.47. The number of nitrogens with zero attached hydrogens (tertiary/aromatic N) is 1. The van der Waals surface area contributed by atoms with Gasteiger partial charge in [0.05, 0.1) is 34.4 Å². The third-order valence-electron chi connectivity index (χ3n) is 9.22. The molecule has 0 fully saturated rings. The predicted octanol–water partition coefficient (Wildman–Crippen LogP) is 12.6. The molecule has 0 spiro atoms. The Morgan fingerprint density at radius 2 is 1.09 bits per heavy atom. The summed E-state index contributed by atoms with van der Waals surface area (Å²) in [5.41, 5.74) is 0. The van der Waals surface area contributed by atoms with E-state index in [0.717, 1.165) is 70.6 Å². The molecule has 0 heterocycles. The second kappa shape index (κ2) is 37.6. The van der Waals surface area contributed by atoms with Crippen molar-refractivity contribution in [2.24, 2.45) is 0 Å². The summed E-state index contributed by atoms with van der Waals surface area (Å²) < 4.78 is 35.0. The monoisotopic (exact) mass is 771 g/mol. The minimum atomic E-state index is -4.28. The van der Waals surface area contributed by atoms with Gasteiger partial charge in [0, 0.05) is 13.0 Å². The minimum absolute atomic E-state index is 0.0856. The Kier molecular flexibility index (Phi) is 36.7. The van der Waals surface area contributed by atoms with Gasteiger partial charge in [0.25, 0.3) is 0 Å². The van der Waals surface area contributed by atoms with Crippen molar-refractivity contribution in [3.63, 3.8) is 0 Å². The maximum absolute atomic E-state index is 12.7. The second-order valence-electron chi connectivity index (χ2n) is 15.7. The Morgan fingerprint density at radius 3 is 1.64 bits per heavy atom. The van der Waals surface area contributed by atoms with Crippen LogP contribution < -0.4 is 0 Å². The summed E-state index contributed by atoms with van der Waals surface area (Å²) in [7, 11) is 1.66. The summed E-state index contributed by atoms with van der Waals surface area (Å²) in [5.74, 6) is -0.329. The first-order valence-electron chi connectivity index (χ1n) is 21.7. The van der Waals surface area contributed by atoms with Crippen molar-refractivity contribution in [2.75, 3.05) is 54.1 Å². The van der Waals surface area contributed by atoms with E-state index in [1.165, 1.54) is 89.9 Å². The van der Waals surface area contributed by atoms with Gasteiger partial charge in [-0.25, -0.2) is 4.57 Å². The summed E-state index contributed by atoms with van der Waals surface area (Å²) in [6.45, 7) is 5.51. The molecule has 0 radical (unpaired) electrons. The van der Waals surface area contributed by atoms with Crippen LogP contribution in [0.5, 0.6) is 0 Å².